The minimum Gasteiger partial charge on any atom is -0.445 e. The summed E-state index contributed by atoms with van der Waals surface area (Å²) in [6, 6.07) is 16.7. The number of fused-ring (bicyclic) bond motifs is 2. The van der Waals surface area contributed by atoms with Gasteiger partial charge in [0.15, 0.2) is 6.29 Å². The molecule has 6 atom stereocenters. The molecule has 1 aliphatic carbocycles. The second-order valence-corrected chi connectivity index (χ2v) is 13.4. The number of carbonyl (C=O) groups excluding carboxylic acids is 1. The van der Waals surface area contributed by atoms with E-state index in [-0.39, 0.29) is 31.3 Å². The van der Waals surface area contributed by atoms with Crippen LogP contribution in [0.1, 0.15) is 81.6 Å². The number of hydrogen-bond acceptors (Lipinski definition) is 6. The first kappa shape index (κ1) is 29.8. The molecule has 3 aliphatic rings. The fourth-order valence-electron chi connectivity index (χ4n) is 7.50. The zero-order valence-corrected chi connectivity index (χ0v) is 25.0. The summed E-state index contributed by atoms with van der Waals surface area (Å²) in [4.78, 5) is 14.5. The summed E-state index contributed by atoms with van der Waals surface area (Å²) in [6.07, 6.45) is 4.19. The molecular weight excluding hydrogens is 516 g/mol. The fourth-order valence-corrected chi connectivity index (χ4v) is 7.50. The molecule has 2 saturated heterocycles. The van der Waals surface area contributed by atoms with Crippen molar-refractivity contribution in [3.8, 4) is 0 Å². The lowest BCUT2D eigenvalue weighted by Crippen LogP contribution is -2.46. The van der Waals surface area contributed by atoms with Gasteiger partial charge in [0.05, 0.1) is 18.8 Å². The van der Waals surface area contributed by atoms with Crippen molar-refractivity contribution >= 4 is 6.09 Å². The van der Waals surface area contributed by atoms with Crippen molar-refractivity contribution in [3.05, 3.63) is 83.4 Å². The Bertz CT molecular complexity index is 1200. The van der Waals surface area contributed by atoms with Crippen LogP contribution in [-0.4, -0.2) is 47.9 Å². The Kier molecular flexibility index (Phi) is 8.90. The first-order chi connectivity index (χ1) is 19.6. The summed E-state index contributed by atoms with van der Waals surface area (Å²) >= 11 is 0. The number of rotatable bonds is 9. The summed E-state index contributed by atoms with van der Waals surface area (Å²) < 4.78 is 18.4. The van der Waals surface area contributed by atoms with Gasteiger partial charge >= 0.3 is 6.09 Å². The maximum absolute atomic E-state index is 11.8. The van der Waals surface area contributed by atoms with E-state index in [4.69, 9.17) is 14.2 Å². The first-order valence-electron chi connectivity index (χ1n) is 14.9. The SMILES string of the molecule is C=CCOC(=O)NCc1ccc([C@@H]2O[C@H](CN3CC4(C)CC3CC(C)(C)C4)[C@H](C)[C@H](c3ccc(CO)cc3)O2)cc1. The van der Waals surface area contributed by atoms with Crippen LogP contribution in [0.4, 0.5) is 4.79 Å². The topological polar surface area (TPSA) is 80.3 Å². The van der Waals surface area contributed by atoms with Crippen LogP contribution in [0.15, 0.2) is 61.2 Å². The van der Waals surface area contributed by atoms with E-state index in [0.717, 1.165) is 35.3 Å². The second kappa shape index (κ2) is 12.3. The lowest BCUT2D eigenvalue weighted by Gasteiger charge is -2.43. The molecule has 5 rings (SSSR count). The number of carbonyl (C=O) groups is 1. The number of likely N-dealkylation sites (tertiary alicyclic amines) is 1. The highest BCUT2D eigenvalue weighted by Crippen LogP contribution is 2.53. The van der Waals surface area contributed by atoms with Gasteiger partial charge in [-0.1, -0.05) is 88.9 Å². The lowest BCUT2D eigenvalue weighted by atomic mass is 9.65. The number of aliphatic hydroxyl groups is 1. The predicted octanol–water partition coefficient (Wildman–Crippen LogP) is 6.28. The molecule has 0 spiro atoms. The van der Waals surface area contributed by atoms with Crippen molar-refractivity contribution < 1.29 is 24.1 Å². The van der Waals surface area contributed by atoms with Gasteiger partial charge in [0.2, 0.25) is 0 Å². The molecule has 2 aromatic carbocycles. The second-order valence-electron chi connectivity index (χ2n) is 13.4. The van der Waals surface area contributed by atoms with E-state index >= 15 is 0 Å². The molecule has 2 unspecified atom stereocenters. The van der Waals surface area contributed by atoms with Crippen LogP contribution in [0, 0.1) is 16.7 Å². The van der Waals surface area contributed by atoms with Gasteiger partial charge in [0.1, 0.15) is 6.61 Å². The largest absolute Gasteiger partial charge is 0.445 e. The number of aliphatic hydroxyl groups excluding tert-OH is 1. The van der Waals surface area contributed by atoms with E-state index in [1.165, 1.54) is 25.3 Å². The van der Waals surface area contributed by atoms with Gasteiger partial charge in [-0.05, 0) is 46.8 Å². The zero-order chi connectivity index (χ0) is 29.2. The number of ether oxygens (including phenoxy) is 3. The van der Waals surface area contributed by atoms with E-state index in [1.807, 2.05) is 36.4 Å². The summed E-state index contributed by atoms with van der Waals surface area (Å²) in [6.45, 7) is 15.7. The Labute approximate surface area is 244 Å². The smallest absolute Gasteiger partial charge is 0.407 e. The quantitative estimate of drug-likeness (QED) is 0.350. The summed E-state index contributed by atoms with van der Waals surface area (Å²) in [5.74, 6) is 0.151. The lowest BCUT2D eigenvalue weighted by molar-refractivity contribution is -0.276. The third-order valence-corrected chi connectivity index (χ3v) is 9.08. The van der Waals surface area contributed by atoms with Crippen LogP contribution in [-0.2, 0) is 27.4 Å². The van der Waals surface area contributed by atoms with Gasteiger partial charge < -0.3 is 24.6 Å². The molecule has 1 saturated carbocycles. The summed E-state index contributed by atoms with van der Waals surface area (Å²) in [5.41, 5.74) is 4.63. The fraction of sp³-hybridized carbons (Fsp3) is 0.559. The van der Waals surface area contributed by atoms with Crippen molar-refractivity contribution in [1.29, 1.82) is 0 Å². The van der Waals surface area contributed by atoms with Crippen LogP contribution in [0.5, 0.6) is 0 Å². The molecule has 2 N–H and O–H groups in total. The minimum atomic E-state index is -0.507. The van der Waals surface area contributed by atoms with Gasteiger partial charge in [-0.2, -0.15) is 0 Å². The molecule has 2 bridgehead atoms. The van der Waals surface area contributed by atoms with Gasteiger partial charge in [-0.25, -0.2) is 4.79 Å². The molecular formula is C34H46N2O5. The standard InChI is InChI=1S/C34H46N2O5/c1-6-15-39-32(38)35-18-24-7-13-27(14-8-24)31-40-29(19-36-22-34(5)17-28(36)16-33(3,4)21-34)23(2)30(41-31)26-11-9-25(20-37)10-12-26/h6-14,23,28-31,37H,1,15-22H2,2-5H3,(H,35,38)/t23-,28?,29+,30+,31+,34?/m0/s1. The number of amides is 1. The van der Waals surface area contributed by atoms with Gasteiger partial charge in [-0.3, -0.25) is 4.90 Å². The van der Waals surface area contributed by atoms with Crippen molar-refractivity contribution in [2.45, 2.75) is 84.6 Å². The van der Waals surface area contributed by atoms with E-state index < -0.39 is 12.4 Å². The Morgan fingerprint density at radius 3 is 2.44 bits per heavy atom. The van der Waals surface area contributed by atoms with E-state index in [0.29, 0.717) is 23.4 Å². The number of alkyl carbamates (subject to hydrolysis) is 1. The minimum absolute atomic E-state index is 0.00306. The van der Waals surface area contributed by atoms with Crippen LogP contribution in [0.25, 0.3) is 0 Å². The van der Waals surface area contributed by atoms with Crippen LogP contribution >= 0.6 is 0 Å². The van der Waals surface area contributed by atoms with E-state index in [9.17, 15) is 9.90 Å². The van der Waals surface area contributed by atoms with Gasteiger partial charge in [0.25, 0.3) is 0 Å². The van der Waals surface area contributed by atoms with Crippen LogP contribution in [0.2, 0.25) is 0 Å². The average molecular weight is 563 g/mol. The van der Waals surface area contributed by atoms with Crippen molar-refractivity contribution in [3.63, 3.8) is 0 Å². The van der Waals surface area contributed by atoms with Crippen LogP contribution < -0.4 is 5.32 Å². The zero-order valence-electron chi connectivity index (χ0n) is 25.0. The van der Waals surface area contributed by atoms with E-state index in [2.05, 4.69) is 56.6 Å². The normalized spacial score (nSPS) is 31.0. The summed E-state index contributed by atoms with van der Waals surface area (Å²) in [7, 11) is 0. The molecule has 7 heteroatoms. The molecule has 1 amide bonds. The molecule has 222 valence electrons. The Morgan fingerprint density at radius 2 is 1.76 bits per heavy atom. The highest BCUT2D eigenvalue weighted by atomic mass is 16.7. The van der Waals surface area contributed by atoms with Gasteiger partial charge in [-0.15, -0.1) is 0 Å². The third kappa shape index (κ3) is 7.03. The van der Waals surface area contributed by atoms with Crippen molar-refractivity contribution in [2.75, 3.05) is 19.7 Å². The predicted molar refractivity (Wildman–Crippen MR) is 159 cm³/mol. The molecule has 2 heterocycles. The Hall–Kier alpha value is -2.71. The van der Waals surface area contributed by atoms with Gasteiger partial charge in [0, 0.05) is 37.2 Å². The monoisotopic (exact) mass is 562 g/mol. The number of hydrogen-bond donors (Lipinski definition) is 2. The van der Waals surface area contributed by atoms with Crippen molar-refractivity contribution in [1.82, 2.24) is 10.2 Å². The molecule has 41 heavy (non-hydrogen) atoms. The van der Waals surface area contributed by atoms with Crippen LogP contribution in [0.3, 0.4) is 0 Å². The summed E-state index contributed by atoms with van der Waals surface area (Å²) in [5, 5.41) is 12.3. The third-order valence-electron chi connectivity index (χ3n) is 9.08. The number of nitrogens with zero attached hydrogens (tertiary/aromatic N) is 1. The Morgan fingerprint density at radius 1 is 1.07 bits per heavy atom. The van der Waals surface area contributed by atoms with Crippen molar-refractivity contribution in [2.24, 2.45) is 16.7 Å². The molecule has 2 aromatic rings. The molecule has 7 nitrogen and oxygen atoms in total. The number of nitrogens with one attached hydrogen (secondary N) is 1. The molecule has 3 fully saturated rings. The highest BCUT2D eigenvalue weighted by molar-refractivity contribution is 5.67. The maximum atomic E-state index is 11.8. The molecule has 0 aromatic heterocycles. The average Bonchev–Trinajstić information content (AvgIpc) is 3.19. The maximum Gasteiger partial charge on any atom is 0.407 e. The molecule has 2 aliphatic heterocycles. The Balaban J connectivity index is 1.33. The first-order valence-corrected chi connectivity index (χ1v) is 14.9. The van der Waals surface area contributed by atoms with E-state index in [1.54, 1.807) is 0 Å². The molecule has 0 radical (unpaired) electrons. The number of benzene rings is 2. The highest BCUT2D eigenvalue weighted by Gasteiger charge is 2.51.